The highest BCUT2D eigenvalue weighted by atomic mass is 35.5. The fourth-order valence-electron chi connectivity index (χ4n) is 2.80. The highest BCUT2D eigenvalue weighted by molar-refractivity contribution is 6.30. The van der Waals surface area contributed by atoms with Gasteiger partial charge >= 0.3 is 0 Å². The van der Waals surface area contributed by atoms with Crippen LogP contribution in [-0.4, -0.2) is 26.8 Å². The zero-order valence-electron chi connectivity index (χ0n) is 16.2. The lowest BCUT2D eigenvalue weighted by atomic mass is 10.2. The van der Waals surface area contributed by atoms with Gasteiger partial charge in [-0.25, -0.2) is 0 Å². The summed E-state index contributed by atoms with van der Waals surface area (Å²) in [7, 11) is 0. The monoisotopic (exact) mass is 422 g/mol. The molecule has 0 aliphatic rings. The van der Waals surface area contributed by atoms with Gasteiger partial charge in [0.2, 0.25) is 11.8 Å². The van der Waals surface area contributed by atoms with E-state index in [0.29, 0.717) is 34.8 Å². The van der Waals surface area contributed by atoms with Crippen LogP contribution in [0.4, 0.5) is 5.95 Å². The van der Waals surface area contributed by atoms with Gasteiger partial charge < -0.3 is 14.5 Å². The van der Waals surface area contributed by atoms with Crippen LogP contribution in [0.2, 0.25) is 5.02 Å². The van der Waals surface area contributed by atoms with Crippen molar-refractivity contribution >= 4 is 23.5 Å². The number of carbonyl (C=O) groups excluding carboxylic acids is 1. The van der Waals surface area contributed by atoms with Crippen molar-refractivity contribution in [1.29, 1.82) is 0 Å². The number of halogens is 1. The summed E-state index contributed by atoms with van der Waals surface area (Å²) in [5, 5.41) is 8.16. The standard InChI is InChI=1S/C22H19ClN4O3/c1-15(30-18-6-3-2-4-7-18)21(28)27-22(24-14-16-9-11-17(23)12-10-16)25-20(26-27)19-8-5-13-29-19/h2-13,15H,14H2,1H3,(H,24,25,26). The Morgan fingerprint density at radius 2 is 1.90 bits per heavy atom. The molecule has 2 heterocycles. The van der Waals surface area contributed by atoms with Crippen molar-refractivity contribution in [1.82, 2.24) is 14.8 Å². The maximum absolute atomic E-state index is 13.1. The summed E-state index contributed by atoms with van der Waals surface area (Å²) in [6, 6.07) is 20.0. The van der Waals surface area contributed by atoms with Gasteiger partial charge in [0, 0.05) is 11.6 Å². The van der Waals surface area contributed by atoms with E-state index in [4.69, 9.17) is 20.8 Å². The van der Waals surface area contributed by atoms with Crippen LogP contribution in [0.25, 0.3) is 11.6 Å². The van der Waals surface area contributed by atoms with Crippen molar-refractivity contribution in [2.75, 3.05) is 5.32 Å². The molecule has 0 bridgehead atoms. The summed E-state index contributed by atoms with van der Waals surface area (Å²) in [5.74, 6) is 1.31. The van der Waals surface area contributed by atoms with Gasteiger partial charge in [0.05, 0.1) is 6.26 Å². The van der Waals surface area contributed by atoms with E-state index in [0.717, 1.165) is 5.56 Å². The quantitative estimate of drug-likeness (QED) is 0.455. The average molecular weight is 423 g/mol. The fourth-order valence-corrected chi connectivity index (χ4v) is 2.93. The third-order valence-corrected chi connectivity index (χ3v) is 4.58. The highest BCUT2D eigenvalue weighted by Gasteiger charge is 2.24. The molecule has 2 aromatic heterocycles. The second-order valence-corrected chi connectivity index (χ2v) is 6.98. The molecule has 0 radical (unpaired) electrons. The van der Waals surface area contributed by atoms with E-state index >= 15 is 0 Å². The first-order chi connectivity index (χ1) is 14.6. The van der Waals surface area contributed by atoms with Crippen LogP contribution in [0, 0.1) is 0 Å². The number of rotatable bonds is 7. The summed E-state index contributed by atoms with van der Waals surface area (Å²) in [6.07, 6.45) is 0.759. The lowest BCUT2D eigenvalue weighted by Gasteiger charge is -2.14. The Morgan fingerprint density at radius 1 is 1.13 bits per heavy atom. The van der Waals surface area contributed by atoms with Crippen molar-refractivity contribution in [3.05, 3.63) is 83.6 Å². The normalized spacial score (nSPS) is 11.8. The van der Waals surface area contributed by atoms with E-state index in [2.05, 4.69) is 15.4 Å². The number of anilines is 1. The zero-order valence-corrected chi connectivity index (χ0v) is 16.9. The minimum atomic E-state index is -0.769. The van der Waals surface area contributed by atoms with Gasteiger partial charge in [-0.05, 0) is 48.9 Å². The first kappa shape index (κ1) is 19.7. The zero-order chi connectivity index (χ0) is 20.9. The number of benzene rings is 2. The number of para-hydroxylation sites is 1. The molecule has 4 rings (SSSR count). The van der Waals surface area contributed by atoms with Crippen LogP contribution < -0.4 is 10.1 Å². The number of hydrogen-bond donors (Lipinski definition) is 1. The predicted octanol–water partition coefficient (Wildman–Crippen LogP) is 4.91. The number of furan rings is 1. The second kappa shape index (κ2) is 8.84. The number of carbonyl (C=O) groups is 1. The molecule has 7 nitrogen and oxygen atoms in total. The molecule has 1 unspecified atom stereocenters. The molecule has 1 N–H and O–H groups in total. The van der Waals surface area contributed by atoms with Crippen molar-refractivity contribution in [2.24, 2.45) is 0 Å². The first-order valence-corrected chi connectivity index (χ1v) is 9.73. The number of nitrogens with zero attached hydrogens (tertiary/aromatic N) is 3. The van der Waals surface area contributed by atoms with E-state index in [1.54, 1.807) is 43.3 Å². The van der Waals surface area contributed by atoms with Gasteiger partial charge in [-0.3, -0.25) is 4.79 Å². The number of nitrogens with one attached hydrogen (secondary N) is 1. The molecule has 8 heteroatoms. The minimum absolute atomic E-state index is 0.296. The van der Waals surface area contributed by atoms with Crippen molar-refractivity contribution < 1.29 is 13.9 Å². The Bertz CT molecular complexity index is 1110. The van der Waals surface area contributed by atoms with E-state index in [1.165, 1.54) is 10.9 Å². The molecule has 0 saturated heterocycles. The molecule has 0 fully saturated rings. The largest absolute Gasteiger partial charge is 0.481 e. The van der Waals surface area contributed by atoms with Crippen LogP contribution in [-0.2, 0) is 6.54 Å². The maximum atomic E-state index is 13.1. The van der Waals surface area contributed by atoms with Crippen molar-refractivity contribution in [2.45, 2.75) is 19.6 Å². The van der Waals surface area contributed by atoms with Gasteiger partial charge in [0.1, 0.15) is 5.75 Å². The third kappa shape index (κ3) is 4.52. The van der Waals surface area contributed by atoms with Crippen LogP contribution in [0.15, 0.2) is 77.4 Å². The van der Waals surface area contributed by atoms with Crippen LogP contribution in [0.1, 0.15) is 17.3 Å². The topological polar surface area (TPSA) is 82.2 Å². The molecule has 152 valence electrons. The molecule has 0 amide bonds. The van der Waals surface area contributed by atoms with Crippen LogP contribution >= 0.6 is 11.6 Å². The van der Waals surface area contributed by atoms with Gasteiger partial charge in [0.25, 0.3) is 5.91 Å². The Hall–Kier alpha value is -3.58. The molecular weight excluding hydrogens is 404 g/mol. The Morgan fingerprint density at radius 3 is 2.60 bits per heavy atom. The molecule has 2 aromatic carbocycles. The molecular formula is C22H19ClN4O3. The molecule has 0 spiro atoms. The average Bonchev–Trinajstić information content (AvgIpc) is 3.43. The second-order valence-electron chi connectivity index (χ2n) is 6.54. The Labute approximate surface area is 178 Å². The first-order valence-electron chi connectivity index (χ1n) is 9.35. The molecule has 0 aliphatic carbocycles. The van der Waals surface area contributed by atoms with E-state index in [9.17, 15) is 4.79 Å². The smallest absolute Gasteiger partial charge is 0.290 e. The van der Waals surface area contributed by atoms with Gasteiger partial charge in [-0.15, -0.1) is 5.10 Å². The van der Waals surface area contributed by atoms with E-state index in [-0.39, 0.29) is 5.91 Å². The molecule has 0 saturated carbocycles. The highest BCUT2D eigenvalue weighted by Crippen LogP contribution is 2.20. The SMILES string of the molecule is CC(Oc1ccccc1)C(=O)n1nc(-c2ccco2)nc1NCc1ccc(Cl)cc1. The van der Waals surface area contributed by atoms with Crippen molar-refractivity contribution in [3.8, 4) is 17.3 Å². The van der Waals surface area contributed by atoms with Crippen molar-refractivity contribution in [3.63, 3.8) is 0 Å². The van der Waals surface area contributed by atoms with Gasteiger partial charge in [-0.2, -0.15) is 9.67 Å². The number of aromatic nitrogens is 3. The van der Waals surface area contributed by atoms with Crippen LogP contribution in [0.3, 0.4) is 0 Å². The third-order valence-electron chi connectivity index (χ3n) is 4.33. The Balaban J connectivity index is 1.58. The van der Waals surface area contributed by atoms with Gasteiger partial charge in [-0.1, -0.05) is 41.9 Å². The van der Waals surface area contributed by atoms with Gasteiger partial charge in [0.15, 0.2) is 11.9 Å². The van der Waals surface area contributed by atoms with Crippen LogP contribution in [0.5, 0.6) is 5.75 Å². The predicted molar refractivity (Wildman–Crippen MR) is 114 cm³/mol. The molecule has 4 aromatic rings. The lowest BCUT2D eigenvalue weighted by Crippen LogP contribution is -2.31. The lowest BCUT2D eigenvalue weighted by molar-refractivity contribution is 0.0713. The summed E-state index contributed by atoms with van der Waals surface area (Å²) in [6.45, 7) is 2.11. The fraction of sp³-hybridized carbons (Fsp3) is 0.136. The minimum Gasteiger partial charge on any atom is -0.481 e. The van der Waals surface area contributed by atoms with E-state index < -0.39 is 6.10 Å². The summed E-state index contributed by atoms with van der Waals surface area (Å²) in [4.78, 5) is 17.5. The van der Waals surface area contributed by atoms with E-state index in [1.807, 2.05) is 30.3 Å². The molecule has 30 heavy (non-hydrogen) atoms. The summed E-state index contributed by atoms with van der Waals surface area (Å²) in [5.41, 5.74) is 0.981. The Kier molecular flexibility index (Phi) is 5.81. The number of hydrogen-bond acceptors (Lipinski definition) is 6. The number of ether oxygens (including phenoxy) is 1. The molecule has 1 atom stereocenters. The summed E-state index contributed by atoms with van der Waals surface area (Å²) < 4.78 is 12.3. The maximum Gasteiger partial charge on any atom is 0.290 e. The molecule has 0 aliphatic heterocycles. The summed E-state index contributed by atoms with van der Waals surface area (Å²) >= 11 is 5.94.